The lowest BCUT2D eigenvalue weighted by atomic mass is 10.3. The van der Waals surface area contributed by atoms with E-state index < -0.39 is 12.7 Å². The van der Waals surface area contributed by atoms with E-state index in [1.807, 2.05) is 6.92 Å². The summed E-state index contributed by atoms with van der Waals surface area (Å²) in [5, 5.41) is 3.64. The lowest BCUT2D eigenvalue weighted by Crippen LogP contribution is -2.35. The summed E-state index contributed by atoms with van der Waals surface area (Å²) in [6, 6.07) is -0.0276. The molecular formula is C13H20F3N3OS. The van der Waals surface area contributed by atoms with Gasteiger partial charge in [0.15, 0.2) is 5.13 Å². The summed E-state index contributed by atoms with van der Waals surface area (Å²) < 4.78 is 43.3. The van der Waals surface area contributed by atoms with Crippen LogP contribution in [0.25, 0.3) is 0 Å². The number of ether oxygens (including phenoxy) is 1. The highest BCUT2D eigenvalue weighted by atomic mass is 32.1. The van der Waals surface area contributed by atoms with Gasteiger partial charge in [-0.1, -0.05) is 6.92 Å². The van der Waals surface area contributed by atoms with Crippen molar-refractivity contribution in [1.29, 1.82) is 0 Å². The minimum Gasteiger partial charge on any atom is -0.378 e. The summed E-state index contributed by atoms with van der Waals surface area (Å²) in [6.45, 7) is 2.78. The van der Waals surface area contributed by atoms with E-state index in [0.717, 1.165) is 30.0 Å². The minimum atomic E-state index is -4.21. The first-order chi connectivity index (χ1) is 9.94. The molecule has 1 aliphatic rings. The Morgan fingerprint density at radius 1 is 1.43 bits per heavy atom. The number of methoxy groups -OCH3 is 1. The van der Waals surface area contributed by atoms with Crippen molar-refractivity contribution >= 4 is 16.5 Å². The van der Waals surface area contributed by atoms with E-state index in [-0.39, 0.29) is 6.04 Å². The topological polar surface area (TPSA) is 37.4 Å². The van der Waals surface area contributed by atoms with Crippen LogP contribution >= 0.6 is 11.3 Å². The Morgan fingerprint density at radius 3 is 2.67 bits per heavy atom. The molecule has 120 valence electrons. The molecule has 0 aliphatic heterocycles. The van der Waals surface area contributed by atoms with Gasteiger partial charge in [0.25, 0.3) is 0 Å². The van der Waals surface area contributed by atoms with E-state index in [1.54, 1.807) is 7.11 Å². The van der Waals surface area contributed by atoms with Gasteiger partial charge in [-0.3, -0.25) is 0 Å². The molecule has 0 saturated heterocycles. The first-order valence-corrected chi connectivity index (χ1v) is 7.78. The first-order valence-electron chi connectivity index (χ1n) is 6.96. The summed E-state index contributed by atoms with van der Waals surface area (Å²) >= 11 is 1.33. The van der Waals surface area contributed by atoms with E-state index >= 15 is 0 Å². The van der Waals surface area contributed by atoms with Crippen LogP contribution in [0.3, 0.4) is 0 Å². The average molecular weight is 323 g/mol. The number of hydrogen-bond acceptors (Lipinski definition) is 5. The van der Waals surface area contributed by atoms with E-state index in [4.69, 9.17) is 4.74 Å². The van der Waals surface area contributed by atoms with Crippen LogP contribution in [0.15, 0.2) is 0 Å². The fourth-order valence-corrected chi connectivity index (χ4v) is 3.15. The summed E-state index contributed by atoms with van der Waals surface area (Å²) in [6.07, 6.45) is -2.60. The smallest absolute Gasteiger partial charge is 0.378 e. The highest BCUT2D eigenvalue weighted by Gasteiger charge is 2.39. The van der Waals surface area contributed by atoms with Crippen LogP contribution in [0.1, 0.15) is 30.3 Å². The molecule has 1 saturated carbocycles. The maximum Gasteiger partial charge on any atom is 0.406 e. The van der Waals surface area contributed by atoms with Gasteiger partial charge in [-0.15, -0.1) is 11.3 Å². The summed E-state index contributed by atoms with van der Waals surface area (Å²) in [5.41, 5.74) is 0.728. The van der Waals surface area contributed by atoms with Crippen LogP contribution in [0.2, 0.25) is 0 Å². The molecule has 0 atom stereocenters. The van der Waals surface area contributed by atoms with Gasteiger partial charge in [-0.05, 0) is 19.4 Å². The molecule has 4 nitrogen and oxygen atoms in total. The summed E-state index contributed by atoms with van der Waals surface area (Å²) in [4.78, 5) is 6.71. The zero-order chi connectivity index (χ0) is 15.5. The average Bonchev–Trinajstić information content (AvgIpc) is 3.16. The predicted octanol–water partition coefficient (Wildman–Crippen LogP) is 2.93. The van der Waals surface area contributed by atoms with Crippen LogP contribution in [-0.2, 0) is 17.9 Å². The number of nitrogens with zero attached hydrogens (tertiary/aromatic N) is 2. The normalized spacial score (nSPS) is 15.5. The molecule has 2 rings (SSSR count). The molecule has 1 N–H and O–H groups in total. The maximum atomic E-state index is 12.7. The zero-order valence-corrected chi connectivity index (χ0v) is 13.0. The molecule has 0 spiro atoms. The van der Waals surface area contributed by atoms with E-state index in [1.165, 1.54) is 16.2 Å². The van der Waals surface area contributed by atoms with Crippen molar-refractivity contribution in [2.24, 2.45) is 0 Å². The second-order valence-electron chi connectivity index (χ2n) is 5.05. The van der Waals surface area contributed by atoms with Crippen molar-refractivity contribution in [3.05, 3.63) is 10.6 Å². The fraction of sp³-hybridized carbons (Fsp3) is 0.769. The molecule has 1 aliphatic carbocycles. The Kier molecular flexibility index (Phi) is 5.45. The van der Waals surface area contributed by atoms with E-state index in [2.05, 4.69) is 10.3 Å². The number of nitrogens with one attached hydrogen (secondary N) is 1. The molecule has 0 unspecified atom stereocenters. The standard InChI is InChI=1S/C13H20F3N3OS/c1-3-17-6-11-10(7-20-2)18-12(21-11)19(9-4-5-9)8-13(14,15)16/h9,17H,3-8H2,1-2H3. The highest BCUT2D eigenvalue weighted by Crippen LogP contribution is 2.37. The Balaban J connectivity index is 2.19. The third-order valence-electron chi connectivity index (χ3n) is 3.17. The summed E-state index contributed by atoms with van der Waals surface area (Å²) in [7, 11) is 1.56. The first kappa shape index (κ1) is 16.5. The molecule has 1 aromatic heterocycles. The molecule has 0 aromatic carbocycles. The Morgan fingerprint density at radius 2 is 2.14 bits per heavy atom. The third kappa shape index (κ3) is 4.82. The maximum absolute atomic E-state index is 12.7. The highest BCUT2D eigenvalue weighted by molar-refractivity contribution is 7.15. The van der Waals surface area contributed by atoms with Crippen LogP contribution in [0.5, 0.6) is 0 Å². The van der Waals surface area contributed by atoms with Crippen LogP contribution < -0.4 is 10.2 Å². The SMILES string of the molecule is CCNCc1sc(N(CC(F)(F)F)C2CC2)nc1COC. The molecule has 1 heterocycles. The van der Waals surface area contributed by atoms with Gasteiger partial charge in [-0.2, -0.15) is 13.2 Å². The van der Waals surface area contributed by atoms with Crippen LogP contribution in [0, 0.1) is 0 Å². The monoisotopic (exact) mass is 323 g/mol. The number of halogens is 3. The number of thiazole rings is 1. The molecule has 21 heavy (non-hydrogen) atoms. The molecular weight excluding hydrogens is 303 g/mol. The number of alkyl halides is 3. The molecule has 0 bridgehead atoms. The summed E-state index contributed by atoms with van der Waals surface area (Å²) in [5.74, 6) is 0. The quantitative estimate of drug-likeness (QED) is 0.798. The van der Waals surface area contributed by atoms with Gasteiger partial charge in [0, 0.05) is 24.6 Å². The van der Waals surface area contributed by atoms with Gasteiger partial charge < -0.3 is 15.0 Å². The van der Waals surface area contributed by atoms with Crippen LogP contribution in [0.4, 0.5) is 18.3 Å². The van der Waals surface area contributed by atoms with Gasteiger partial charge in [0.2, 0.25) is 0 Å². The molecule has 0 amide bonds. The van der Waals surface area contributed by atoms with Crippen molar-refractivity contribution in [3.63, 3.8) is 0 Å². The zero-order valence-electron chi connectivity index (χ0n) is 12.2. The molecule has 1 fully saturated rings. The lowest BCUT2D eigenvalue weighted by molar-refractivity contribution is -0.120. The number of rotatable bonds is 8. The Labute approximate surface area is 126 Å². The minimum absolute atomic E-state index is 0.0276. The van der Waals surface area contributed by atoms with Gasteiger partial charge >= 0.3 is 6.18 Å². The van der Waals surface area contributed by atoms with Gasteiger partial charge in [0.05, 0.1) is 12.3 Å². The van der Waals surface area contributed by atoms with Crippen molar-refractivity contribution in [2.45, 2.75) is 45.1 Å². The second kappa shape index (κ2) is 6.93. The number of anilines is 1. The van der Waals surface area contributed by atoms with Crippen molar-refractivity contribution < 1.29 is 17.9 Å². The molecule has 0 radical (unpaired) electrons. The molecule has 1 aromatic rings. The van der Waals surface area contributed by atoms with Crippen molar-refractivity contribution in [1.82, 2.24) is 10.3 Å². The Bertz CT molecular complexity index is 460. The largest absolute Gasteiger partial charge is 0.406 e. The number of hydrogen-bond donors (Lipinski definition) is 1. The second-order valence-corrected chi connectivity index (χ2v) is 6.12. The van der Waals surface area contributed by atoms with Gasteiger partial charge in [0.1, 0.15) is 6.54 Å². The fourth-order valence-electron chi connectivity index (χ4n) is 2.05. The van der Waals surface area contributed by atoms with E-state index in [0.29, 0.717) is 18.3 Å². The van der Waals surface area contributed by atoms with E-state index in [9.17, 15) is 13.2 Å². The molecule has 8 heteroatoms. The third-order valence-corrected chi connectivity index (χ3v) is 4.30. The number of aromatic nitrogens is 1. The van der Waals surface area contributed by atoms with Crippen molar-refractivity contribution in [3.8, 4) is 0 Å². The van der Waals surface area contributed by atoms with Crippen molar-refractivity contribution in [2.75, 3.05) is 25.1 Å². The predicted molar refractivity (Wildman–Crippen MR) is 76.6 cm³/mol. The van der Waals surface area contributed by atoms with Crippen LogP contribution in [-0.4, -0.2) is 37.4 Å². The Hall–Kier alpha value is -0.860. The lowest BCUT2D eigenvalue weighted by Gasteiger charge is -2.22. The van der Waals surface area contributed by atoms with Gasteiger partial charge in [-0.25, -0.2) is 4.98 Å².